The Labute approximate surface area is 107 Å². The van der Waals surface area contributed by atoms with E-state index in [9.17, 15) is 4.79 Å². The van der Waals surface area contributed by atoms with E-state index in [2.05, 4.69) is 6.58 Å². The molecule has 1 unspecified atom stereocenters. The van der Waals surface area contributed by atoms with Crippen molar-refractivity contribution < 1.29 is 9.90 Å². The van der Waals surface area contributed by atoms with Crippen molar-refractivity contribution in [3.63, 3.8) is 0 Å². The zero-order valence-electron chi connectivity index (χ0n) is 9.95. The second-order valence-electron chi connectivity index (χ2n) is 4.36. The highest BCUT2D eigenvalue weighted by Gasteiger charge is 2.17. The van der Waals surface area contributed by atoms with E-state index in [1.165, 1.54) is 0 Å². The topological polar surface area (TPSA) is 37.3 Å². The number of aliphatic carboxylic acids is 1. The molecule has 1 rings (SSSR count). The largest absolute Gasteiger partial charge is 0.481 e. The maximum absolute atomic E-state index is 11.1. The standard InChI is InChI=1S/C14H17ClO2/c1-10(2)6-7-12(14(16)17)8-11-4-3-5-13(15)9-11/h3-5,9,12H,1,6-8H2,2H3,(H,16,17). The van der Waals surface area contributed by atoms with Crippen LogP contribution in [0.1, 0.15) is 25.3 Å². The van der Waals surface area contributed by atoms with E-state index in [4.69, 9.17) is 16.7 Å². The van der Waals surface area contributed by atoms with Crippen LogP contribution >= 0.6 is 11.6 Å². The Morgan fingerprint density at radius 2 is 2.24 bits per heavy atom. The smallest absolute Gasteiger partial charge is 0.306 e. The van der Waals surface area contributed by atoms with Gasteiger partial charge in [-0.15, -0.1) is 6.58 Å². The summed E-state index contributed by atoms with van der Waals surface area (Å²) in [7, 11) is 0. The lowest BCUT2D eigenvalue weighted by atomic mass is 9.93. The average molecular weight is 253 g/mol. The van der Waals surface area contributed by atoms with Crippen molar-refractivity contribution >= 4 is 17.6 Å². The lowest BCUT2D eigenvalue weighted by molar-refractivity contribution is -0.141. The van der Waals surface area contributed by atoms with E-state index < -0.39 is 5.97 Å². The van der Waals surface area contributed by atoms with Gasteiger partial charge >= 0.3 is 5.97 Å². The first-order chi connectivity index (χ1) is 7.99. The van der Waals surface area contributed by atoms with Gasteiger partial charge in [0, 0.05) is 5.02 Å². The second-order valence-corrected chi connectivity index (χ2v) is 4.80. The molecule has 0 radical (unpaired) electrons. The number of benzene rings is 1. The van der Waals surface area contributed by atoms with Crippen LogP contribution in [0.4, 0.5) is 0 Å². The number of carboxylic acid groups (broad SMARTS) is 1. The van der Waals surface area contributed by atoms with Crippen LogP contribution in [0, 0.1) is 5.92 Å². The summed E-state index contributed by atoms with van der Waals surface area (Å²) in [5.41, 5.74) is 1.98. The fraction of sp³-hybridized carbons (Fsp3) is 0.357. The summed E-state index contributed by atoms with van der Waals surface area (Å²) in [4.78, 5) is 11.1. The Balaban J connectivity index is 2.66. The molecule has 0 fully saturated rings. The lowest BCUT2D eigenvalue weighted by Gasteiger charge is -2.12. The van der Waals surface area contributed by atoms with E-state index in [1.54, 1.807) is 6.07 Å². The molecule has 0 aromatic heterocycles. The van der Waals surface area contributed by atoms with Gasteiger partial charge in [0.15, 0.2) is 0 Å². The molecule has 1 aromatic rings. The monoisotopic (exact) mass is 252 g/mol. The molecule has 1 aromatic carbocycles. The van der Waals surface area contributed by atoms with Gasteiger partial charge in [0.05, 0.1) is 5.92 Å². The lowest BCUT2D eigenvalue weighted by Crippen LogP contribution is -2.16. The summed E-state index contributed by atoms with van der Waals surface area (Å²) in [6.07, 6.45) is 1.89. The molecule has 0 saturated carbocycles. The Morgan fingerprint density at radius 3 is 2.76 bits per heavy atom. The van der Waals surface area contributed by atoms with Crippen molar-refractivity contribution in [2.45, 2.75) is 26.2 Å². The van der Waals surface area contributed by atoms with E-state index in [1.807, 2.05) is 25.1 Å². The maximum atomic E-state index is 11.1. The van der Waals surface area contributed by atoms with Gasteiger partial charge in [-0.2, -0.15) is 0 Å². The SMILES string of the molecule is C=C(C)CCC(Cc1cccc(Cl)c1)C(=O)O. The van der Waals surface area contributed by atoms with Crippen LogP contribution in [-0.4, -0.2) is 11.1 Å². The minimum absolute atomic E-state index is 0.370. The van der Waals surface area contributed by atoms with Gasteiger partial charge in [0.2, 0.25) is 0 Å². The van der Waals surface area contributed by atoms with Gasteiger partial charge in [-0.1, -0.05) is 29.3 Å². The predicted octanol–water partition coefficient (Wildman–Crippen LogP) is 3.94. The highest BCUT2D eigenvalue weighted by atomic mass is 35.5. The van der Waals surface area contributed by atoms with Crippen LogP contribution in [0.5, 0.6) is 0 Å². The molecule has 0 aliphatic heterocycles. The van der Waals surface area contributed by atoms with Crippen LogP contribution in [-0.2, 0) is 11.2 Å². The van der Waals surface area contributed by atoms with Crippen LogP contribution < -0.4 is 0 Å². The van der Waals surface area contributed by atoms with Crippen molar-refractivity contribution in [3.05, 3.63) is 47.0 Å². The number of rotatable bonds is 6. The highest BCUT2D eigenvalue weighted by molar-refractivity contribution is 6.30. The summed E-state index contributed by atoms with van der Waals surface area (Å²) in [6, 6.07) is 7.35. The van der Waals surface area contributed by atoms with Crippen LogP contribution in [0.15, 0.2) is 36.4 Å². The maximum Gasteiger partial charge on any atom is 0.306 e. The predicted molar refractivity (Wildman–Crippen MR) is 70.3 cm³/mol. The molecule has 1 N–H and O–H groups in total. The number of allylic oxidation sites excluding steroid dienone is 1. The van der Waals surface area contributed by atoms with Gasteiger partial charge < -0.3 is 5.11 Å². The second kappa shape index (κ2) is 6.45. The molecule has 1 atom stereocenters. The Kier molecular flexibility index (Phi) is 5.23. The van der Waals surface area contributed by atoms with Crippen molar-refractivity contribution in [2.24, 2.45) is 5.92 Å². The summed E-state index contributed by atoms with van der Waals surface area (Å²) in [5, 5.41) is 9.80. The minimum atomic E-state index is -0.758. The number of carbonyl (C=O) groups is 1. The Hall–Kier alpha value is -1.28. The molecular weight excluding hydrogens is 236 g/mol. The third kappa shape index (κ3) is 5.05. The highest BCUT2D eigenvalue weighted by Crippen LogP contribution is 2.19. The van der Waals surface area contributed by atoms with Crippen LogP contribution in [0.25, 0.3) is 0 Å². The van der Waals surface area contributed by atoms with E-state index >= 15 is 0 Å². The molecule has 17 heavy (non-hydrogen) atoms. The van der Waals surface area contributed by atoms with Crippen molar-refractivity contribution in [1.82, 2.24) is 0 Å². The van der Waals surface area contributed by atoms with E-state index in [0.29, 0.717) is 17.9 Å². The zero-order chi connectivity index (χ0) is 12.8. The normalized spacial score (nSPS) is 12.1. The quantitative estimate of drug-likeness (QED) is 0.779. The first-order valence-corrected chi connectivity index (χ1v) is 5.98. The summed E-state index contributed by atoms with van der Waals surface area (Å²) >= 11 is 5.87. The third-order valence-corrected chi connectivity index (χ3v) is 2.88. The molecule has 0 spiro atoms. The fourth-order valence-electron chi connectivity index (χ4n) is 1.68. The van der Waals surface area contributed by atoms with Gasteiger partial charge in [0.1, 0.15) is 0 Å². The molecule has 92 valence electrons. The number of hydrogen-bond acceptors (Lipinski definition) is 1. The van der Waals surface area contributed by atoms with Gasteiger partial charge in [-0.3, -0.25) is 4.79 Å². The molecule has 2 nitrogen and oxygen atoms in total. The van der Waals surface area contributed by atoms with Gasteiger partial charge in [0.25, 0.3) is 0 Å². The van der Waals surface area contributed by atoms with E-state index in [-0.39, 0.29) is 5.92 Å². The molecule has 0 heterocycles. The van der Waals surface area contributed by atoms with E-state index in [0.717, 1.165) is 17.6 Å². The van der Waals surface area contributed by atoms with Gasteiger partial charge in [-0.25, -0.2) is 0 Å². The summed E-state index contributed by atoms with van der Waals surface area (Å²) in [5.74, 6) is -1.13. The zero-order valence-corrected chi connectivity index (χ0v) is 10.7. The molecule has 0 saturated heterocycles. The summed E-state index contributed by atoms with van der Waals surface area (Å²) < 4.78 is 0. The van der Waals surface area contributed by atoms with Crippen LogP contribution in [0.2, 0.25) is 5.02 Å². The number of halogens is 1. The molecule has 0 amide bonds. The third-order valence-electron chi connectivity index (χ3n) is 2.64. The molecule has 0 aliphatic rings. The average Bonchev–Trinajstić information content (AvgIpc) is 2.23. The summed E-state index contributed by atoms with van der Waals surface area (Å²) in [6.45, 7) is 5.71. The first kappa shape index (κ1) is 13.8. The molecular formula is C14H17ClO2. The van der Waals surface area contributed by atoms with Crippen molar-refractivity contribution in [1.29, 1.82) is 0 Å². The number of hydrogen-bond donors (Lipinski definition) is 1. The fourth-order valence-corrected chi connectivity index (χ4v) is 1.89. The first-order valence-electron chi connectivity index (χ1n) is 5.60. The minimum Gasteiger partial charge on any atom is -0.481 e. The van der Waals surface area contributed by atoms with Crippen LogP contribution in [0.3, 0.4) is 0 Å². The molecule has 0 bridgehead atoms. The number of carboxylic acids is 1. The van der Waals surface area contributed by atoms with Crippen molar-refractivity contribution in [2.75, 3.05) is 0 Å². The molecule has 3 heteroatoms. The molecule has 0 aliphatic carbocycles. The van der Waals surface area contributed by atoms with Crippen molar-refractivity contribution in [3.8, 4) is 0 Å². The Morgan fingerprint density at radius 1 is 1.53 bits per heavy atom. The van der Waals surface area contributed by atoms with Gasteiger partial charge in [-0.05, 0) is 43.9 Å². The Bertz CT molecular complexity index is 412.